The van der Waals surface area contributed by atoms with E-state index < -0.39 is 11.9 Å². The summed E-state index contributed by atoms with van der Waals surface area (Å²) in [5, 5.41) is 0.630. The van der Waals surface area contributed by atoms with Crippen LogP contribution in [0.15, 0.2) is 54.6 Å². The molecular formula is C22H23ClO3. The zero-order chi connectivity index (χ0) is 18.9. The Morgan fingerprint density at radius 3 is 2.27 bits per heavy atom. The molecule has 0 saturated carbocycles. The molecule has 0 radical (unpaired) electrons. The van der Waals surface area contributed by atoms with Gasteiger partial charge in [0.25, 0.3) is 0 Å². The number of hydrogen-bond donors (Lipinski definition) is 0. The Balaban J connectivity index is 2.46. The van der Waals surface area contributed by atoms with Crippen LogP contribution in [0.25, 0.3) is 11.6 Å². The van der Waals surface area contributed by atoms with Gasteiger partial charge in [0.2, 0.25) is 0 Å². The summed E-state index contributed by atoms with van der Waals surface area (Å²) in [4.78, 5) is 25.5. The number of Topliss-reactive ketones (excluding diaryl/α,β-unsaturated/α-hetero) is 1. The molecule has 1 atom stereocenters. The maximum atomic E-state index is 13.2. The fourth-order valence-corrected chi connectivity index (χ4v) is 2.84. The number of hydrogen-bond acceptors (Lipinski definition) is 3. The van der Waals surface area contributed by atoms with Gasteiger partial charge in [-0.3, -0.25) is 9.59 Å². The molecule has 2 aromatic carbocycles. The quantitative estimate of drug-likeness (QED) is 0.269. The number of esters is 1. The van der Waals surface area contributed by atoms with Crippen molar-refractivity contribution in [3.63, 3.8) is 0 Å². The number of benzene rings is 2. The summed E-state index contributed by atoms with van der Waals surface area (Å²) >= 11 is 5.95. The van der Waals surface area contributed by atoms with E-state index in [4.69, 9.17) is 16.3 Å². The SMILES string of the molecule is CCCC(C(=O)OCC)C(=O)/C(=C/c1ccc(Cl)cc1)c1ccccc1. The summed E-state index contributed by atoms with van der Waals surface area (Å²) in [7, 11) is 0. The van der Waals surface area contributed by atoms with E-state index in [0.717, 1.165) is 17.5 Å². The Bertz CT molecular complexity index is 764. The number of carbonyl (C=O) groups excluding carboxylic acids is 2. The average molecular weight is 371 g/mol. The summed E-state index contributed by atoms with van der Waals surface area (Å²) in [5.41, 5.74) is 2.12. The summed E-state index contributed by atoms with van der Waals surface area (Å²) in [6, 6.07) is 16.6. The predicted molar refractivity (Wildman–Crippen MR) is 106 cm³/mol. The molecule has 2 rings (SSSR count). The van der Waals surface area contributed by atoms with Crippen LogP contribution in [0.4, 0.5) is 0 Å². The molecule has 4 heteroatoms. The maximum Gasteiger partial charge on any atom is 0.316 e. The molecule has 0 saturated heterocycles. The van der Waals surface area contributed by atoms with Crippen LogP contribution in [0.2, 0.25) is 5.02 Å². The van der Waals surface area contributed by atoms with Crippen LogP contribution in [0.3, 0.4) is 0 Å². The molecule has 3 nitrogen and oxygen atoms in total. The van der Waals surface area contributed by atoms with Gasteiger partial charge < -0.3 is 4.74 Å². The molecule has 0 heterocycles. The number of rotatable bonds is 8. The first-order valence-corrected chi connectivity index (χ1v) is 9.18. The molecule has 2 aromatic rings. The Labute approximate surface area is 159 Å². The Kier molecular flexibility index (Phi) is 7.61. The number of carbonyl (C=O) groups is 2. The monoisotopic (exact) mass is 370 g/mol. The lowest BCUT2D eigenvalue weighted by molar-refractivity contribution is -0.150. The first kappa shape index (κ1) is 19.9. The van der Waals surface area contributed by atoms with Crippen LogP contribution in [0.5, 0.6) is 0 Å². The van der Waals surface area contributed by atoms with Crippen LogP contribution >= 0.6 is 11.6 Å². The topological polar surface area (TPSA) is 43.4 Å². The van der Waals surface area contributed by atoms with Crippen LogP contribution in [-0.2, 0) is 14.3 Å². The van der Waals surface area contributed by atoms with Crippen LogP contribution in [0, 0.1) is 5.92 Å². The van der Waals surface area contributed by atoms with E-state index in [1.165, 1.54) is 0 Å². The van der Waals surface area contributed by atoms with E-state index in [2.05, 4.69) is 0 Å². The van der Waals surface area contributed by atoms with Gasteiger partial charge in [0.1, 0.15) is 5.92 Å². The van der Waals surface area contributed by atoms with E-state index in [9.17, 15) is 9.59 Å². The van der Waals surface area contributed by atoms with E-state index >= 15 is 0 Å². The van der Waals surface area contributed by atoms with E-state index in [1.807, 2.05) is 49.4 Å². The lowest BCUT2D eigenvalue weighted by atomic mass is 9.88. The summed E-state index contributed by atoms with van der Waals surface area (Å²) < 4.78 is 5.13. The molecule has 0 amide bonds. The summed E-state index contributed by atoms with van der Waals surface area (Å²) in [6.07, 6.45) is 2.98. The van der Waals surface area contributed by atoms with Gasteiger partial charge >= 0.3 is 5.97 Å². The van der Waals surface area contributed by atoms with Gasteiger partial charge in [-0.25, -0.2) is 0 Å². The molecule has 0 aliphatic heterocycles. The molecular weight excluding hydrogens is 348 g/mol. The van der Waals surface area contributed by atoms with Crippen molar-refractivity contribution >= 4 is 35.0 Å². The van der Waals surface area contributed by atoms with Crippen molar-refractivity contribution in [2.24, 2.45) is 5.92 Å². The zero-order valence-electron chi connectivity index (χ0n) is 15.1. The highest BCUT2D eigenvalue weighted by Crippen LogP contribution is 2.26. The highest BCUT2D eigenvalue weighted by molar-refractivity contribution is 6.31. The Morgan fingerprint density at radius 1 is 1.04 bits per heavy atom. The molecule has 1 unspecified atom stereocenters. The lowest BCUT2D eigenvalue weighted by Gasteiger charge is -2.16. The number of ketones is 1. The first-order valence-electron chi connectivity index (χ1n) is 8.80. The average Bonchev–Trinajstić information content (AvgIpc) is 2.66. The minimum atomic E-state index is -0.793. The highest BCUT2D eigenvalue weighted by Gasteiger charge is 2.30. The maximum absolute atomic E-state index is 13.2. The van der Waals surface area contributed by atoms with Crippen LogP contribution in [-0.4, -0.2) is 18.4 Å². The van der Waals surface area contributed by atoms with Gasteiger partial charge in [0.05, 0.1) is 6.61 Å². The van der Waals surface area contributed by atoms with Crippen molar-refractivity contribution in [3.8, 4) is 0 Å². The van der Waals surface area contributed by atoms with Gasteiger partial charge in [-0.1, -0.05) is 67.4 Å². The van der Waals surface area contributed by atoms with Crippen LogP contribution in [0.1, 0.15) is 37.8 Å². The van der Waals surface area contributed by atoms with E-state index in [-0.39, 0.29) is 12.4 Å². The number of allylic oxidation sites excluding steroid dienone is 1. The minimum absolute atomic E-state index is 0.216. The minimum Gasteiger partial charge on any atom is -0.465 e. The van der Waals surface area contributed by atoms with Gasteiger partial charge in [-0.15, -0.1) is 0 Å². The predicted octanol–water partition coefficient (Wildman–Crippen LogP) is 5.43. The van der Waals surface area contributed by atoms with Gasteiger partial charge in [-0.2, -0.15) is 0 Å². The molecule has 0 aromatic heterocycles. The standard InChI is InChI=1S/C22H23ClO3/c1-3-8-19(22(25)26-4-2)21(24)20(17-9-6-5-7-10-17)15-16-11-13-18(23)14-12-16/h5-7,9-15,19H,3-4,8H2,1-2H3/b20-15+. The van der Waals surface area contributed by atoms with Crippen molar-refractivity contribution in [2.75, 3.05) is 6.61 Å². The fourth-order valence-electron chi connectivity index (χ4n) is 2.72. The number of halogens is 1. The second kappa shape index (κ2) is 9.93. The highest BCUT2D eigenvalue weighted by atomic mass is 35.5. The van der Waals surface area contributed by atoms with Gasteiger partial charge in [0.15, 0.2) is 5.78 Å². The molecule has 0 fully saturated rings. The molecule has 0 bridgehead atoms. The number of ether oxygens (including phenoxy) is 1. The molecule has 0 N–H and O–H groups in total. The van der Waals surface area contributed by atoms with Crippen molar-refractivity contribution in [1.82, 2.24) is 0 Å². The third kappa shape index (κ3) is 5.30. The second-order valence-corrected chi connectivity index (χ2v) is 6.37. The summed E-state index contributed by atoms with van der Waals surface area (Å²) in [6.45, 7) is 3.95. The second-order valence-electron chi connectivity index (χ2n) is 5.93. The smallest absolute Gasteiger partial charge is 0.316 e. The Morgan fingerprint density at radius 2 is 1.69 bits per heavy atom. The van der Waals surface area contributed by atoms with Crippen molar-refractivity contribution in [1.29, 1.82) is 0 Å². The van der Waals surface area contributed by atoms with Gasteiger partial charge in [0, 0.05) is 10.6 Å². The van der Waals surface area contributed by atoms with Crippen molar-refractivity contribution < 1.29 is 14.3 Å². The van der Waals surface area contributed by atoms with Crippen molar-refractivity contribution in [3.05, 3.63) is 70.7 Å². The molecule has 136 valence electrons. The van der Waals surface area contributed by atoms with E-state index in [1.54, 1.807) is 25.1 Å². The molecule has 0 aliphatic carbocycles. The zero-order valence-corrected chi connectivity index (χ0v) is 15.8. The molecule has 0 aliphatic rings. The Hall–Kier alpha value is -2.39. The van der Waals surface area contributed by atoms with Crippen molar-refractivity contribution in [2.45, 2.75) is 26.7 Å². The molecule has 26 heavy (non-hydrogen) atoms. The largest absolute Gasteiger partial charge is 0.465 e. The normalized spacial score (nSPS) is 12.5. The first-order chi connectivity index (χ1) is 12.6. The summed E-state index contributed by atoms with van der Waals surface area (Å²) in [5.74, 6) is -1.47. The van der Waals surface area contributed by atoms with E-state index in [0.29, 0.717) is 17.0 Å². The van der Waals surface area contributed by atoms with Crippen LogP contribution < -0.4 is 0 Å². The third-order valence-corrected chi connectivity index (χ3v) is 4.25. The fraction of sp³-hybridized carbons (Fsp3) is 0.273. The van der Waals surface area contributed by atoms with Gasteiger partial charge in [-0.05, 0) is 42.7 Å². The third-order valence-electron chi connectivity index (χ3n) is 4.00. The molecule has 0 spiro atoms. The lowest BCUT2D eigenvalue weighted by Crippen LogP contribution is -2.27.